The van der Waals surface area contributed by atoms with E-state index in [-0.39, 0.29) is 11.8 Å². The van der Waals surface area contributed by atoms with Gasteiger partial charge in [-0.1, -0.05) is 0 Å². The zero-order chi connectivity index (χ0) is 13.1. The van der Waals surface area contributed by atoms with Gasteiger partial charge in [0.25, 0.3) is 0 Å². The minimum Gasteiger partial charge on any atom is -0.469 e. The SMILES string of the molecule is COC(=O)C(C)(C)CN(C)c1ccc(F)cc1. The Hall–Kier alpha value is -1.58. The molecule has 0 aromatic heterocycles. The zero-order valence-electron chi connectivity index (χ0n) is 10.7. The van der Waals surface area contributed by atoms with Gasteiger partial charge in [-0.15, -0.1) is 0 Å². The summed E-state index contributed by atoms with van der Waals surface area (Å²) in [6.07, 6.45) is 0. The third-order valence-electron chi connectivity index (χ3n) is 2.64. The second-order valence-corrected chi connectivity index (χ2v) is 4.71. The summed E-state index contributed by atoms with van der Waals surface area (Å²) in [5, 5.41) is 0. The van der Waals surface area contributed by atoms with Crippen LogP contribution in [0.2, 0.25) is 0 Å². The van der Waals surface area contributed by atoms with Crippen LogP contribution < -0.4 is 4.90 Å². The standard InChI is InChI=1S/C13H18FNO2/c1-13(2,12(16)17-4)9-15(3)11-7-5-10(14)6-8-11/h5-8H,9H2,1-4H3. The maximum absolute atomic E-state index is 12.8. The highest BCUT2D eigenvalue weighted by Crippen LogP contribution is 2.22. The summed E-state index contributed by atoms with van der Waals surface area (Å²) in [6, 6.07) is 6.17. The molecule has 17 heavy (non-hydrogen) atoms. The van der Waals surface area contributed by atoms with E-state index < -0.39 is 5.41 Å². The van der Waals surface area contributed by atoms with Crippen LogP contribution in [0.3, 0.4) is 0 Å². The Kier molecular flexibility index (Phi) is 4.10. The summed E-state index contributed by atoms with van der Waals surface area (Å²) in [5.74, 6) is -0.527. The van der Waals surface area contributed by atoms with Crippen LogP contribution in [0.15, 0.2) is 24.3 Å². The highest BCUT2D eigenvalue weighted by molar-refractivity contribution is 5.76. The molecule has 0 aliphatic rings. The van der Waals surface area contributed by atoms with Gasteiger partial charge in [0, 0.05) is 19.3 Å². The van der Waals surface area contributed by atoms with Crippen molar-refractivity contribution in [3.05, 3.63) is 30.1 Å². The number of carbonyl (C=O) groups is 1. The number of rotatable bonds is 4. The largest absolute Gasteiger partial charge is 0.469 e. The summed E-state index contributed by atoms with van der Waals surface area (Å²) in [4.78, 5) is 13.4. The number of esters is 1. The minimum atomic E-state index is -0.599. The van der Waals surface area contributed by atoms with Crippen molar-refractivity contribution < 1.29 is 13.9 Å². The summed E-state index contributed by atoms with van der Waals surface area (Å²) in [7, 11) is 3.24. The highest BCUT2D eigenvalue weighted by atomic mass is 19.1. The number of hydrogen-bond donors (Lipinski definition) is 0. The fraction of sp³-hybridized carbons (Fsp3) is 0.462. The van der Waals surface area contributed by atoms with Crippen LogP contribution in [0.1, 0.15) is 13.8 Å². The number of carbonyl (C=O) groups excluding carboxylic acids is 1. The average Bonchev–Trinajstić information content (AvgIpc) is 2.28. The number of halogens is 1. The van der Waals surface area contributed by atoms with E-state index in [0.717, 1.165) is 5.69 Å². The molecule has 0 unspecified atom stereocenters. The van der Waals surface area contributed by atoms with Crippen LogP contribution in [0, 0.1) is 11.2 Å². The number of ether oxygens (including phenoxy) is 1. The van der Waals surface area contributed by atoms with E-state index in [9.17, 15) is 9.18 Å². The van der Waals surface area contributed by atoms with Gasteiger partial charge in [-0.2, -0.15) is 0 Å². The molecule has 0 fully saturated rings. The Morgan fingerprint density at radius 3 is 2.35 bits per heavy atom. The fourth-order valence-electron chi connectivity index (χ4n) is 1.72. The Morgan fingerprint density at radius 2 is 1.88 bits per heavy atom. The number of nitrogens with zero attached hydrogens (tertiary/aromatic N) is 1. The summed E-state index contributed by atoms with van der Waals surface area (Å²) >= 11 is 0. The van der Waals surface area contributed by atoms with Crippen molar-refractivity contribution >= 4 is 11.7 Å². The van der Waals surface area contributed by atoms with Crippen molar-refractivity contribution in [2.45, 2.75) is 13.8 Å². The van der Waals surface area contributed by atoms with E-state index in [1.165, 1.54) is 19.2 Å². The third-order valence-corrected chi connectivity index (χ3v) is 2.64. The van der Waals surface area contributed by atoms with Crippen LogP contribution in [0.5, 0.6) is 0 Å². The van der Waals surface area contributed by atoms with Crippen LogP contribution >= 0.6 is 0 Å². The molecule has 0 saturated heterocycles. The van der Waals surface area contributed by atoms with Gasteiger partial charge in [0.05, 0.1) is 12.5 Å². The molecule has 0 N–H and O–H groups in total. The number of methoxy groups -OCH3 is 1. The van der Waals surface area contributed by atoms with Crippen molar-refractivity contribution in [3.63, 3.8) is 0 Å². The molecule has 1 aromatic carbocycles. The van der Waals surface area contributed by atoms with Crippen molar-refractivity contribution in [1.82, 2.24) is 0 Å². The molecule has 0 bridgehead atoms. The van der Waals surface area contributed by atoms with Gasteiger partial charge in [0.1, 0.15) is 5.82 Å². The van der Waals surface area contributed by atoms with Crippen molar-refractivity contribution in [2.75, 3.05) is 25.6 Å². The lowest BCUT2D eigenvalue weighted by atomic mass is 9.93. The normalized spacial score (nSPS) is 11.1. The van der Waals surface area contributed by atoms with Crippen LogP contribution in [0.25, 0.3) is 0 Å². The molecule has 0 saturated carbocycles. The minimum absolute atomic E-state index is 0.258. The average molecular weight is 239 g/mol. The van der Waals surface area contributed by atoms with Crippen LogP contribution in [-0.4, -0.2) is 26.7 Å². The first-order valence-electron chi connectivity index (χ1n) is 5.42. The molecule has 1 rings (SSSR count). The van der Waals surface area contributed by atoms with Gasteiger partial charge < -0.3 is 9.64 Å². The topological polar surface area (TPSA) is 29.5 Å². The lowest BCUT2D eigenvalue weighted by molar-refractivity contribution is -0.150. The van der Waals surface area contributed by atoms with E-state index in [1.54, 1.807) is 12.1 Å². The molecule has 0 amide bonds. The zero-order valence-corrected chi connectivity index (χ0v) is 10.7. The molecule has 0 spiro atoms. The lowest BCUT2D eigenvalue weighted by Gasteiger charge is -2.29. The molecule has 0 heterocycles. The van der Waals surface area contributed by atoms with E-state index >= 15 is 0 Å². The first-order chi connectivity index (χ1) is 7.86. The first-order valence-corrected chi connectivity index (χ1v) is 5.42. The maximum atomic E-state index is 12.8. The molecule has 0 atom stereocenters. The number of hydrogen-bond acceptors (Lipinski definition) is 3. The van der Waals surface area contributed by atoms with Crippen molar-refractivity contribution in [1.29, 1.82) is 0 Å². The molecular weight excluding hydrogens is 221 g/mol. The second kappa shape index (κ2) is 5.17. The highest BCUT2D eigenvalue weighted by Gasteiger charge is 2.30. The monoisotopic (exact) mass is 239 g/mol. The van der Waals surface area contributed by atoms with E-state index in [1.807, 2.05) is 25.8 Å². The fourth-order valence-corrected chi connectivity index (χ4v) is 1.72. The predicted octanol–water partition coefficient (Wildman–Crippen LogP) is 2.46. The Morgan fingerprint density at radius 1 is 1.35 bits per heavy atom. The van der Waals surface area contributed by atoms with Gasteiger partial charge >= 0.3 is 5.97 Å². The van der Waals surface area contributed by atoms with Crippen LogP contribution in [0.4, 0.5) is 10.1 Å². The van der Waals surface area contributed by atoms with Gasteiger partial charge in [0.15, 0.2) is 0 Å². The quantitative estimate of drug-likeness (QED) is 0.756. The van der Waals surface area contributed by atoms with E-state index in [2.05, 4.69) is 0 Å². The van der Waals surface area contributed by atoms with Crippen molar-refractivity contribution in [2.24, 2.45) is 5.41 Å². The molecule has 1 aromatic rings. The first kappa shape index (κ1) is 13.5. The van der Waals surface area contributed by atoms with Gasteiger partial charge in [-0.25, -0.2) is 4.39 Å². The number of benzene rings is 1. The van der Waals surface area contributed by atoms with Gasteiger partial charge in [-0.3, -0.25) is 4.79 Å². The molecular formula is C13H18FNO2. The van der Waals surface area contributed by atoms with Gasteiger partial charge in [-0.05, 0) is 38.1 Å². The summed E-state index contributed by atoms with van der Waals surface area (Å²) < 4.78 is 17.5. The molecule has 94 valence electrons. The maximum Gasteiger partial charge on any atom is 0.313 e. The third kappa shape index (κ3) is 3.44. The molecule has 0 aliphatic carbocycles. The Labute approximate surface area is 101 Å². The second-order valence-electron chi connectivity index (χ2n) is 4.71. The smallest absolute Gasteiger partial charge is 0.313 e. The van der Waals surface area contributed by atoms with Gasteiger partial charge in [0.2, 0.25) is 0 Å². The van der Waals surface area contributed by atoms with Crippen LogP contribution in [-0.2, 0) is 9.53 Å². The molecule has 4 heteroatoms. The molecule has 0 radical (unpaired) electrons. The molecule has 0 aliphatic heterocycles. The predicted molar refractivity (Wildman–Crippen MR) is 65.5 cm³/mol. The Bertz CT molecular complexity index is 387. The summed E-state index contributed by atoms with van der Waals surface area (Å²) in [5.41, 5.74) is 0.265. The van der Waals surface area contributed by atoms with Crippen molar-refractivity contribution in [3.8, 4) is 0 Å². The lowest BCUT2D eigenvalue weighted by Crippen LogP contribution is -2.38. The summed E-state index contributed by atoms with van der Waals surface area (Å²) in [6.45, 7) is 4.14. The van der Waals surface area contributed by atoms with E-state index in [0.29, 0.717) is 6.54 Å². The number of anilines is 1. The van der Waals surface area contributed by atoms with E-state index in [4.69, 9.17) is 4.74 Å². The Balaban J connectivity index is 2.75. The molecule has 3 nitrogen and oxygen atoms in total.